The molecule has 7 nitrogen and oxygen atoms in total. The Morgan fingerprint density at radius 1 is 1.14 bits per heavy atom. The van der Waals surface area contributed by atoms with E-state index in [1.165, 1.54) is 0 Å². The molecule has 1 aromatic carbocycles. The highest BCUT2D eigenvalue weighted by Crippen LogP contribution is 2.23. The van der Waals surface area contributed by atoms with Gasteiger partial charge in [0.15, 0.2) is 6.61 Å². The summed E-state index contributed by atoms with van der Waals surface area (Å²) in [6.07, 6.45) is 2.07. The summed E-state index contributed by atoms with van der Waals surface area (Å²) in [5.74, 6) is -0.984. The normalized spacial score (nSPS) is 17.4. The molecule has 1 aliphatic heterocycles. The van der Waals surface area contributed by atoms with Crippen molar-refractivity contribution in [3.8, 4) is 5.69 Å². The predicted octanol–water partition coefficient (Wildman–Crippen LogP) is 2.55. The Balaban J connectivity index is 1.72. The van der Waals surface area contributed by atoms with Gasteiger partial charge >= 0.3 is 5.97 Å². The van der Waals surface area contributed by atoms with Crippen LogP contribution in [0, 0.1) is 20.8 Å². The molecule has 1 atom stereocenters. The van der Waals surface area contributed by atoms with E-state index in [4.69, 9.17) is 4.74 Å². The van der Waals surface area contributed by atoms with Crippen LogP contribution < -0.4 is 0 Å². The minimum Gasteiger partial charge on any atom is -0.456 e. The molecule has 0 bridgehead atoms. The van der Waals surface area contributed by atoms with Crippen LogP contribution in [-0.2, 0) is 19.6 Å². The van der Waals surface area contributed by atoms with Crippen LogP contribution in [0.5, 0.6) is 0 Å². The zero-order valence-electron chi connectivity index (χ0n) is 17.1. The number of carbonyl (C=O) groups excluding carboxylic acids is 2. The van der Waals surface area contributed by atoms with Gasteiger partial charge in [-0.25, -0.2) is 8.42 Å². The molecule has 2 heterocycles. The van der Waals surface area contributed by atoms with Crippen molar-refractivity contribution in [3.63, 3.8) is 0 Å². The summed E-state index contributed by atoms with van der Waals surface area (Å²) in [6.45, 7) is 5.66. The summed E-state index contributed by atoms with van der Waals surface area (Å²) < 4.78 is 31.9. The van der Waals surface area contributed by atoms with Crippen molar-refractivity contribution in [1.29, 1.82) is 0 Å². The second-order valence-electron chi connectivity index (χ2n) is 7.52. The van der Waals surface area contributed by atoms with Crippen molar-refractivity contribution in [2.24, 2.45) is 0 Å². The summed E-state index contributed by atoms with van der Waals surface area (Å²) in [5.41, 5.74) is 4.26. The molecule has 1 saturated heterocycles. The molecule has 0 unspecified atom stereocenters. The van der Waals surface area contributed by atoms with Gasteiger partial charge in [0.05, 0.1) is 6.26 Å². The number of sulfonamides is 1. The molecule has 0 aliphatic carbocycles. The maximum atomic E-state index is 12.7. The molecule has 1 fully saturated rings. The van der Waals surface area contributed by atoms with Gasteiger partial charge in [-0.2, -0.15) is 4.31 Å². The lowest BCUT2D eigenvalue weighted by Crippen LogP contribution is -2.41. The Kier molecular flexibility index (Phi) is 5.95. The highest BCUT2D eigenvalue weighted by molar-refractivity contribution is 7.88. The number of ketones is 1. The smallest absolute Gasteiger partial charge is 0.324 e. The maximum Gasteiger partial charge on any atom is 0.324 e. The van der Waals surface area contributed by atoms with Gasteiger partial charge < -0.3 is 9.30 Å². The van der Waals surface area contributed by atoms with E-state index in [1.54, 1.807) is 6.07 Å². The summed E-state index contributed by atoms with van der Waals surface area (Å²) >= 11 is 0. The zero-order valence-corrected chi connectivity index (χ0v) is 18.0. The summed E-state index contributed by atoms with van der Waals surface area (Å²) in [6, 6.07) is 8.92. The number of aryl methyl sites for hydroxylation is 2. The highest BCUT2D eigenvalue weighted by Gasteiger charge is 2.37. The first-order chi connectivity index (χ1) is 13.6. The van der Waals surface area contributed by atoms with Crippen LogP contribution in [0.3, 0.4) is 0 Å². The van der Waals surface area contributed by atoms with Crippen molar-refractivity contribution >= 4 is 21.8 Å². The van der Waals surface area contributed by atoms with Crippen LogP contribution in [0.25, 0.3) is 5.69 Å². The average Bonchev–Trinajstić information content (AvgIpc) is 3.25. The SMILES string of the molecule is Cc1ccc(-n2c(C)cc(C(=O)COC(=O)[C@@H]3CCCN3S(C)(=O)=O)c2C)cc1. The quantitative estimate of drug-likeness (QED) is 0.532. The molecule has 0 amide bonds. The average molecular weight is 419 g/mol. The molecule has 1 aromatic heterocycles. The number of rotatable bonds is 6. The van der Waals surface area contributed by atoms with Gasteiger partial charge in [0.1, 0.15) is 6.04 Å². The fourth-order valence-corrected chi connectivity index (χ4v) is 4.93. The molecule has 0 saturated carbocycles. The van der Waals surface area contributed by atoms with Crippen LogP contribution in [0.4, 0.5) is 0 Å². The largest absolute Gasteiger partial charge is 0.456 e. The first-order valence-corrected chi connectivity index (χ1v) is 11.4. The van der Waals surface area contributed by atoms with Gasteiger partial charge in [-0.15, -0.1) is 0 Å². The summed E-state index contributed by atoms with van der Waals surface area (Å²) in [4.78, 5) is 25.1. The maximum absolute atomic E-state index is 12.7. The van der Waals surface area contributed by atoms with E-state index in [-0.39, 0.29) is 5.78 Å². The first-order valence-electron chi connectivity index (χ1n) is 9.52. The molecule has 0 radical (unpaired) electrons. The lowest BCUT2D eigenvalue weighted by Gasteiger charge is -2.20. The molecular weight excluding hydrogens is 392 g/mol. The van der Waals surface area contributed by atoms with E-state index >= 15 is 0 Å². The third kappa shape index (κ3) is 4.43. The standard InChI is InChI=1S/C21H26N2O5S/c1-14-7-9-17(10-8-14)23-15(2)12-18(16(23)3)20(24)13-28-21(25)19-6-5-11-22(19)29(4,26)27/h7-10,12,19H,5-6,11,13H2,1-4H3/t19-/m0/s1. The number of nitrogens with zero attached hydrogens (tertiary/aromatic N) is 2. The molecule has 29 heavy (non-hydrogen) atoms. The zero-order chi connectivity index (χ0) is 21.3. The lowest BCUT2D eigenvalue weighted by molar-refractivity contribution is -0.146. The fraction of sp³-hybridized carbons (Fsp3) is 0.429. The van der Waals surface area contributed by atoms with Gasteiger partial charge in [0.2, 0.25) is 15.8 Å². The predicted molar refractivity (Wildman–Crippen MR) is 110 cm³/mol. The Hall–Kier alpha value is -2.45. The van der Waals surface area contributed by atoms with E-state index in [9.17, 15) is 18.0 Å². The number of hydrogen-bond acceptors (Lipinski definition) is 5. The summed E-state index contributed by atoms with van der Waals surface area (Å²) in [5, 5.41) is 0. The number of Topliss-reactive ketones (excluding diaryl/α,β-unsaturated/α-hetero) is 1. The van der Waals surface area contributed by atoms with Crippen molar-refractivity contribution in [2.75, 3.05) is 19.4 Å². The van der Waals surface area contributed by atoms with Crippen LogP contribution in [0.15, 0.2) is 30.3 Å². The van der Waals surface area contributed by atoms with Gasteiger partial charge in [0, 0.05) is 29.2 Å². The number of benzene rings is 1. The van der Waals surface area contributed by atoms with Crippen molar-refractivity contribution in [3.05, 3.63) is 52.8 Å². The number of hydrogen-bond donors (Lipinski definition) is 0. The minimum atomic E-state index is -3.49. The van der Waals surface area contributed by atoms with Gasteiger partial charge in [-0.1, -0.05) is 17.7 Å². The second kappa shape index (κ2) is 8.12. The Morgan fingerprint density at radius 3 is 2.41 bits per heavy atom. The monoisotopic (exact) mass is 418 g/mol. The molecule has 2 aromatic rings. The third-order valence-corrected chi connectivity index (χ3v) is 6.56. The molecular formula is C21H26N2O5S. The van der Waals surface area contributed by atoms with Crippen molar-refractivity contribution in [2.45, 2.75) is 39.7 Å². The van der Waals surface area contributed by atoms with Crippen molar-refractivity contribution in [1.82, 2.24) is 8.87 Å². The van der Waals surface area contributed by atoms with E-state index in [1.807, 2.05) is 49.6 Å². The minimum absolute atomic E-state index is 0.296. The van der Waals surface area contributed by atoms with Crippen LogP contribution in [0.2, 0.25) is 0 Å². The number of carbonyl (C=O) groups is 2. The summed E-state index contributed by atoms with van der Waals surface area (Å²) in [7, 11) is -3.49. The van der Waals surface area contributed by atoms with Crippen LogP contribution >= 0.6 is 0 Å². The number of esters is 1. The second-order valence-corrected chi connectivity index (χ2v) is 9.45. The molecule has 3 rings (SSSR count). The van der Waals surface area contributed by atoms with E-state index < -0.39 is 28.6 Å². The van der Waals surface area contributed by atoms with E-state index in [2.05, 4.69) is 0 Å². The molecule has 0 N–H and O–H groups in total. The van der Waals surface area contributed by atoms with Crippen LogP contribution in [-0.4, -0.2) is 54.5 Å². The molecule has 156 valence electrons. The first kappa shape index (κ1) is 21.3. The van der Waals surface area contributed by atoms with E-state index in [0.29, 0.717) is 24.9 Å². The highest BCUT2D eigenvalue weighted by atomic mass is 32.2. The Morgan fingerprint density at radius 2 is 1.79 bits per heavy atom. The third-order valence-electron chi connectivity index (χ3n) is 5.27. The number of ether oxygens (including phenoxy) is 1. The molecule has 8 heteroatoms. The van der Waals surface area contributed by atoms with Gasteiger partial charge in [-0.05, 0) is 51.8 Å². The fourth-order valence-electron chi connectivity index (χ4n) is 3.82. The lowest BCUT2D eigenvalue weighted by atomic mass is 10.1. The Labute approximate surface area is 171 Å². The van der Waals surface area contributed by atoms with Gasteiger partial charge in [0.25, 0.3) is 0 Å². The molecule has 1 aliphatic rings. The number of aromatic nitrogens is 1. The van der Waals surface area contributed by atoms with E-state index in [0.717, 1.165) is 33.2 Å². The van der Waals surface area contributed by atoms with Crippen LogP contribution in [0.1, 0.15) is 40.2 Å². The van der Waals surface area contributed by atoms with Gasteiger partial charge in [-0.3, -0.25) is 9.59 Å². The Bertz CT molecular complexity index is 1040. The topological polar surface area (TPSA) is 85.7 Å². The molecule has 0 spiro atoms. The van der Waals surface area contributed by atoms with Crippen molar-refractivity contribution < 1.29 is 22.7 Å².